The summed E-state index contributed by atoms with van der Waals surface area (Å²) in [6.45, 7) is 4.43. The Bertz CT molecular complexity index is 3090. The molecule has 61 heavy (non-hydrogen) atoms. The largest absolute Gasteiger partial charge is 0.417 e. The molecule has 0 aliphatic heterocycles. The molecule has 0 spiro atoms. The number of anilines is 2. The first-order valence-electron chi connectivity index (χ1n) is 17.8. The fraction of sp³-hybridized carbons (Fsp3) is 0.125. The van der Waals surface area contributed by atoms with Gasteiger partial charge in [-0.05, 0) is 36.2 Å². The van der Waals surface area contributed by atoms with E-state index in [-0.39, 0.29) is 73.8 Å². The zero-order valence-corrected chi connectivity index (χ0v) is 31.5. The van der Waals surface area contributed by atoms with Gasteiger partial charge in [0.25, 0.3) is 11.8 Å². The number of halogens is 8. The van der Waals surface area contributed by atoms with E-state index in [9.17, 15) is 44.7 Å². The van der Waals surface area contributed by atoms with E-state index in [0.29, 0.717) is 12.3 Å². The molecular formula is C40H26F8N11O2+. The standard InChI is InChI=1S/C40H25F8N11O2/c1-19-32(35-52-28(12-14-57(35)56-19)23-8-4-6-10-25(23)39(43,44)45)37(60)54-30-17-31(51-21(3)50-30)59-20(2)33(38(61)55-34-27(42)16-22(41)18-49-34)36-53-29(13-15-58(36)59)24-9-5-7-11-26(24)40(46,47)48/h4-18H,1-3H3,(H-,49,50,51,54,55,60,61)/p+1. The van der Waals surface area contributed by atoms with Gasteiger partial charge in [0, 0.05) is 37.2 Å². The van der Waals surface area contributed by atoms with Gasteiger partial charge in [0.1, 0.15) is 28.5 Å². The third-order valence-electron chi connectivity index (χ3n) is 9.39. The second-order valence-corrected chi connectivity index (χ2v) is 13.4. The maximum atomic E-state index is 14.7. The van der Waals surface area contributed by atoms with Gasteiger partial charge in [-0.1, -0.05) is 36.4 Å². The third kappa shape index (κ3) is 7.44. The number of hydrogen-bond acceptors (Lipinski definition) is 8. The van der Waals surface area contributed by atoms with Crippen LogP contribution in [0.4, 0.5) is 46.8 Å². The first kappa shape index (κ1) is 40.1. The van der Waals surface area contributed by atoms with E-state index >= 15 is 0 Å². The van der Waals surface area contributed by atoms with Gasteiger partial charge in [-0.3, -0.25) is 9.59 Å². The molecule has 0 bridgehead atoms. The third-order valence-corrected chi connectivity index (χ3v) is 9.39. The van der Waals surface area contributed by atoms with Gasteiger partial charge in [0.15, 0.2) is 22.9 Å². The molecule has 8 rings (SSSR count). The van der Waals surface area contributed by atoms with Crippen molar-refractivity contribution in [2.24, 2.45) is 0 Å². The summed E-state index contributed by atoms with van der Waals surface area (Å²) in [5.74, 6) is -4.69. The Kier molecular flexibility index (Phi) is 9.75. The van der Waals surface area contributed by atoms with Crippen LogP contribution < -0.4 is 15.3 Å². The number of alkyl halides is 6. The SMILES string of the molecule is Cc1nc(NC(=O)c2c(C)nn3ccc(-c4ccccc4C(F)(F)F)nc23)cc(-[n+]2c(C)c(C(=O)Nc3ncc(F)cc3F)c3nc(-c4ccccc4C(F)(F)F)ccn32)n1. The van der Waals surface area contributed by atoms with Crippen LogP contribution in [0.1, 0.15) is 49.1 Å². The average Bonchev–Trinajstić information content (AvgIpc) is 3.69. The summed E-state index contributed by atoms with van der Waals surface area (Å²) in [4.78, 5) is 49.1. The van der Waals surface area contributed by atoms with Crippen molar-refractivity contribution < 1.29 is 49.4 Å². The molecular weight excluding hydrogens is 818 g/mol. The lowest BCUT2D eigenvalue weighted by atomic mass is 10.0. The molecule has 0 fully saturated rings. The van der Waals surface area contributed by atoms with E-state index in [1.807, 2.05) is 0 Å². The van der Waals surface area contributed by atoms with Crippen LogP contribution in [0.5, 0.6) is 0 Å². The number of aryl methyl sites for hydroxylation is 2. The van der Waals surface area contributed by atoms with Gasteiger partial charge in [0.2, 0.25) is 5.82 Å². The van der Waals surface area contributed by atoms with Gasteiger partial charge in [-0.25, -0.2) is 28.2 Å². The number of nitrogens with zero attached hydrogens (tertiary/aromatic N) is 9. The van der Waals surface area contributed by atoms with Gasteiger partial charge in [-0.15, -0.1) is 4.68 Å². The highest BCUT2D eigenvalue weighted by Gasteiger charge is 2.36. The minimum atomic E-state index is -4.77. The van der Waals surface area contributed by atoms with Crippen molar-refractivity contribution in [2.75, 3.05) is 10.6 Å². The first-order valence-corrected chi connectivity index (χ1v) is 17.8. The van der Waals surface area contributed by atoms with Crippen LogP contribution in [-0.2, 0) is 12.4 Å². The van der Waals surface area contributed by atoms with Crippen molar-refractivity contribution in [1.82, 2.24) is 39.0 Å². The normalized spacial score (nSPS) is 12.0. The van der Waals surface area contributed by atoms with Crippen LogP contribution in [-0.4, -0.2) is 50.9 Å². The van der Waals surface area contributed by atoms with Crippen molar-refractivity contribution in [3.8, 4) is 28.3 Å². The predicted molar refractivity (Wildman–Crippen MR) is 200 cm³/mol. The molecule has 13 nitrogen and oxygen atoms in total. The number of carbonyl (C=O) groups is 2. The fourth-order valence-electron chi connectivity index (χ4n) is 6.82. The lowest BCUT2D eigenvalue weighted by molar-refractivity contribution is -0.676. The molecule has 0 radical (unpaired) electrons. The Morgan fingerprint density at radius 2 is 1.28 bits per heavy atom. The van der Waals surface area contributed by atoms with Gasteiger partial charge < -0.3 is 10.6 Å². The fourth-order valence-corrected chi connectivity index (χ4v) is 6.82. The number of nitrogens with one attached hydrogen (secondary N) is 2. The zero-order chi connectivity index (χ0) is 43.5. The lowest BCUT2D eigenvalue weighted by Gasteiger charge is -2.12. The van der Waals surface area contributed by atoms with Crippen LogP contribution >= 0.6 is 0 Å². The molecule has 2 N–H and O–H groups in total. The summed E-state index contributed by atoms with van der Waals surface area (Å²) < 4.78 is 116. The first-order chi connectivity index (χ1) is 28.9. The highest BCUT2D eigenvalue weighted by Crippen LogP contribution is 2.38. The van der Waals surface area contributed by atoms with E-state index in [2.05, 4.69) is 40.7 Å². The zero-order valence-electron chi connectivity index (χ0n) is 31.5. The molecule has 6 heterocycles. The van der Waals surface area contributed by atoms with Crippen LogP contribution in [0.25, 0.3) is 39.6 Å². The van der Waals surface area contributed by atoms with Crippen molar-refractivity contribution in [3.63, 3.8) is 0 Å². The summed E-state index contributed by atoms with van der Waals surface area (Å²) in [6.07, 6.45) is -6.10. The molecule has 6 aromatic heterocycles. The van der Waals surface area contributed by atoms with Crippen LogP contribution in [0.2, 0.25) is 0 Å². The molecule has 0 atom stereocenters. The Morgan fingerprint density at radius 3 is 1.90 bits per heavy atom. The summed E-state index contributed by atoms with van der Waals surface area (Å²) in [5, 5.41) is 9.20. The number of benzene rings is 2. The average molecular weight is 845 g/mol. The van der Waals surface area contributed by atoms with E-state index in [4.69, 9.17) is 0 Å². The molecule has 0 saturated carbocycles. The summed E-state index contributed by atoms with van der Waals surface area (Å²) >= 11 is 0. The van der Waals surface area contributed by atoms with Crippen LogP contribution in [0.3, 0.4) is 0 Å². The van der Waals surface area contributed by atoms with Gasteiger partial charge >= 0.3 is 18.2 Å². The Labute approximate surface area is 337 Å². The highest BCUT2D eigenvalue weighted by atomic mass is 19.4. The van der Waals surface area contributed by atoms with Crippen molar-refractivity contribution in [3.05, 3.63) is 142 Å². The predicted octanol–water partition coefficient (Wildman–Crippen LogP) is 7.92. The smallest absolute Gasteiger partial charge is 0.306 e. The van der Waals surface area contributed by atoms with Gasteiger partial charge in [-0.2, -0.15) is 40.9 Å². The number of amides is 2. The molecule has 8 aromatic rings. The van der Waals surface area contributed by atoms with Crippen molar-refractivity contribution >= 4 is 34.7 Å². The molecule has 0 saturated heterocycles. The van der Waals surface area contributed by atoms with E-state index in [1.165, 1.54) is 101 Å². The molecule has 0 aliphatic carbocycles. The van der Waals surface area contributed by atoms with Crippen molar-refractivity contribution in [2.45, 2.75) is 33.1 Å². The molecule has 308 valence electrons. The van der Waals surface area contributed by atoms with E-state index in [0.717, 1.165) is 12.1 Å². The monoisotopic (exact) mass is 844 g/mol. The van der Waals surface area contributed by atoms with Gasteiger partial charge in [0.05, 0.1) is 46.7 Å². The van der Waals surface area contributed by atoms with Crippen LogP contribution in [0.15, 0.2) is 91.4 Å². The number of fused-ring (bicyclic) bond motifs is 2. The summed E-state index contributed by atoms with van der Waals surface area (Å²) in [7, 11) is 0. The maximum Gasteiger partial charge on any atom is 0.417 e. The number of pyridine rings is 1. The molecule has 2 aromatic carbocycles. The quantitative estimate of drug-likeness (QED) is 0.122. The topological polar surface area (TPSA) is 148 Å². The molecule has 21 heteroatoms. The Morgan fingerprint density at radius 1 is 0.689 bits per heavy atom. The number of aromatic nitrogens is 9. The van der Waals surface area contributed by atoms with Crippen LogP contribution in [0, 0.1) is 32.4 Å². The molecule has 0 aliphatic rings. The second kappa shape index (κ2) is 14.8. The highest BCUT2D eigenvalue weighted by molar-refractivity contribution is 6.09. The minimum Gasteiger partial charge on any atom is -0.306 e. The van der Waals surface area contributed by atoms with Crippen molar-refractivity contribution in [1.29, 1.82) is 0 Å². The Hall–Kier alpha value is -7.71. The number of rotatable bonds is 7. The van der Waals surface area contributed by atoms with E-state index in [1.54, 1.807) is 0 Å². The summed E-state index contributed by atoms with van der Waals surface area (Å²) in [6, 6.07) is 13.9. The second-order valence-electron chi connectivity index (χ2n) is 13.4. The molecule has 2 amide bonds. The molecule has 0 unspecified atom stereocenters. The maximum absolute atomic E-state index is 14.7. The number of carbonyl (C=O) groups excluding carboxylic acids is 2. The Balaban J connectivity index is 1.22. The lowest BCUT2D eigenvalue weighted by Crippen LogP contribution is -2.41. The summed E-state index contributed by atoms with van der Waals surface area (Å²) in [5.41, 5.74) is -3.10. The number of hydrogen-bond donors (Lipinski definition) is 2. The van der Waals surface area contributed by atoms with E-state index < -0.39 is 52.7 Å². The minimum absolute atomic E-state index is 0.00596.